The van der Waals surface area contributed by atoms with Crippen LogP contribution in [-0.2, 0) is 9.47 Å². The van der Waals surface area contributed by atoms with Gasteiger partial charge in [0.15, 0.2) is 0 Å². The molecule has 0 bridgehead atoms. The van der Waals surface area contributed by atoms with E-state index in [0.717, 1.165) is 13.0 Å². The fourth-order valence-corrected chi connectivity index (χ4v) is 4.64. The minimum Gasteiger partial charge on any atom is -0.443 e. The molecule has 7 heteroatoms. The molecule has 0 N–H and O–H groups in total. The molecule has 28 heavy (non-hydrogen) atoms. The van der Waals surface area contributed by atoms with E-state index in [4.69, 9.17) is 9.47 Å². The standard InChI is InChI=1S/C21H35N3O4/c1-19(2,3)27-17(25)22-16-23(18(26)28-20(4,5)6)13-15-12-21(14-24(15)16)10-8-7-9-11-21/h15H,7-14H2,1-6H3/b22-16+. The van der Waals surface area contributed by atoms with E-state index < -0.39 is 23.4 Å². The van der Waals surface area contributed by atoms with Crippen LogP contribution in [0.3, 0.4) is 0 Å². The number of carbonyl (C=O) groups is 2. The van der Waals surface area contributed by atoms with E-state index in [9.17, 15) is 9.59 Å². The third kappa shape index (κ3) is 4.78. The van der Waals surface area contributed by atoms with Crippen molar-refractivity contribution in [3.05, 3.63) is 0 Å². The topological polar surface area (TPSA) is 71.4 Å². The average Bonchev–Trinajstić information content (AvgIpc) is 3.00. The summed E-state index contributed by atoms with van der Waals surface area (Å²) in [5.74, 6) is 0.385. The first-order chi connectivity index (χ1) is 12.9. The molecule has 1 spiro atoms. The molecule has 2 amide bonds. The molecule has 158 valence electrons. The van der Waals surface area contributed by atoms with E-state index in [1.54, 1.807) is 20.8 Å². The van der Waals surface area contributed by atoms with Crippen LogP contribution in [0.15, 0.2) is 4.99 Å². The molecule has 7 nitrogen and oxygen atoms in total. The van der Waals surface area contributed by atoms with Gasteiger partial charge in [0, 0.05) is 6.54 Å². The molecule has 2 aliphatic heterocycles. The van der Waals surface area contributed by atoms with Gasteiger partial charge in [0.2, 0.25) is 5.96 Å². The van der Waals surface area contributed by atoms with Gasteiger partial charge in [-0.2, -0.15) is 0 Å². The summed E-state index contributed by atoms with van der Waals surface area (Å²) in [4.78, 5) is 33.1. The first-order valence-corrected chi connectivity index (χ1v) is 10.5. The second-order valence-corrected chi connectivity index (χ2v) is 10.5. The first kappa shape index (κ1) is 20.9. The third-order valence-electron chi connectivity index (χ3n) is 5.62. The lowest BCUT2D eigenvalue weighted by Gasteiger charge is -2.34. The Morgan fingerprint density at radius 1 is 1.00 bits per heavy atom. The predicted octanol–water partition coefficient (Wildman–Crippen LogP) is 4.55. The number of hydrogen-bond acceptors (Lipinski definition) is 4. The van der Waals surface area contributed by atoms with Crippen LogP contribution in [0, 0.1) is 5.41 Å². The van der Waals surface area contributed by atoms with Gasteiger partial charge in [-0.3, -0.25) is 0 Å². The number of guanidine groups is 1. The van der Waals surface area contributed by atoms with Crippen molar-refractivity contribution in [3.8, 4) is 0 Å². The molecule has 1 aliphatic carbocycles. The van der Waals surface area contributed by atoms with Gasteiger partial charge in [0.25, 0.3) is 0 Å². The molecule has 3 fully saturated rings. The molecular weight excluding hydrogens is 358 g/mol. The largest absolute Gasteiger partial charge is 0.443 e. The maximum absolute atomic E-state index is 12.8. The van der Waals surface area contributed by atoms with E-state index in [-0.39, 0.29) is 11.5 Å². The van der Waals surface area contributed by atoms with Gasteiger partial charge in [-0.1, -0.05) is 19.3 Å². The normalized spacial score (nSPS) is 25.9. The van der Waals surface area contributed by atoms with Crippen LogP contribution in [0.1, 0.15) is 80.1 Å². The molecule has 1 atom stereocenters. The lowest BCUT2D eigenvalue weighted by molar-refractivity contribution is 0.0372. The highest BCUT2D eigenvalue weighted by molar-refractivity contribution is 6.00. The number of nitrogens with zero attached hydrogens (tertiary/aromatic N) is 3. The summed E-state index contributed by atoms with van der Waals surface area (Å²) < 4.78 is 10.9. The number of hydrogen-bond donors (Lipinski definition) is 0. The molecule has 3 aliphatic rings. The molecule has 1 unspecified atom stereocenters. The van der Waals surface area contributed by atoms with Crippen molar-refractivity contribution < 1.29 is 19.1 Å². The predicted molar refractivity (Wildman–Crippen MR) is 107 cm³/mol. The Balaban J connectivity index is 1.84. The molecule has 1 saturated carbocycles. The number of ether oxygens (including phenoxy) is 2. The van der Waals surface area contributed by atoms with Crippen molar-refractivity contribution in [1.29, 1.82) is 0 Å². The molecule has 2 saturated heterocycles. The van der Waals surface area contributed by atoms with E-state index in [2.05, 4.69) is 9.89 Å². The summed E-state index contributed by atoms with van der Waals surface area (Å²) in [6.07, 6.45) is 6.17. The molecule has 2 heterocycles. The quantitative estimate of drug-likeness (QED) is 0.604. The van der Waals surface area contributed by atoms with Crippen molar-refractivity contribution in [3.63, 3.8) is 0 Å². The van der Waals surface area contributed by atoms with Crippen molar-refractivity contribution in [1.82, 2.24) is 9.80 Å². The zero-order valence-electron chi connectivity index (χ0n) is 18.2. The Kier molecular flexibility index (Phi) is 5.40. The lowest BCUT2D eigenvalue weighted by atomic mass is 9.72. The summed E-state index contributed by atoms with van der Waals surface area (Å²) in [6.45, 7) is 12.3. The molecule has 3 rings (SSSR count). The van der Waals surface area contributed by atoms with E-state index >= 15 is 0 Å². The molecule has 0 aromatic rings. The summed E-state index contributed by atoms with van der Waals surface area (Å²) in [5.41, 5.74) is -0.950. The van der Waals surface area contributed by atoms with Crippen molar-refractivity contribution in [2.75, 3.05) is 13.1 Å². The molecule has 0 aromatic heterocycles. The second kappa shape index (κ2) is 7.23. The lowest BCUT2D eigenvalue weighted by Crippen LogP contribution is -2.43. The van der Waals surface area contributed by atoms with Crippen molar-refractivity contribution in [2.24, 2.45) is 10.4 Å². The number of aliphatic imine (C=N–C) groups is 1. The zero-order chi connectivity index (χ0) is 20.7. The maximum atomic E-state index is 12.8. The van der Waals surface area contributed by atoms with Gasteiger partial charge in [0.1, 0.15) is 11.2 Å². The fourth-order valence-electron chi connectivity index (χ4n) is 4.64. The van der Waals surface area contributed by atoms with Crippen LogP contribution in [-0.4, -0.2) is 58.3 Å². The summed E-state index contributed by atoms with van der Waals surface area (Å²) in [7, 11) is 0. The van der Waals surface area contributed by atoms with Gasteiger partial charge in [-0.05, 0) is 66.2 Å². The molecular formula is C21H35N3O4. The highest BCUT2D eigenvalue weighted by Crippen LogP contribution is 2.48. The molecule has 0 radical (unpaired) electrons. The van der Waals surface area contributed by atoms with Crippen LogP contribution < -0.4 is 0 Å². The first-order valence-electron chi connectivity index (χ1n) is 10.5. The fraction of sp³-hybridized carbons (Fsp3) is 0.857. The number of fused-ring (bicyclic) bond motifs is 1. The Bertz CT molecular complexity index is 654. The molecule has 0 aromatic carbocycles. The smallest absolute Gasteiger partial charge is 0.437 e. The van der Waals surface area contributed by atoms with Gasteiger partial charge >= 0.3 is 12.2 Å². The van der Waals surface area contributed by atoms with Crippen molar-refractivity contribution >= 4 is 18.1 Å². The third-order valence-corrected chi connectivity index (χ3v) is 5.62. The Hall–Kier alpha value is -1.79. The monoisotopic (exact) mass is 393 g/mol. The van der Waals surface area contributed by atoms with Gasteiger partial charge in [0.05, 0.1) is 12.6 Å². The highest BCUT2D eigenvalue weighted by atomic mass is 16.6. The maximum Gasteiger partial charge on any atom is 0.437 e. The van der Waals surface area contributed by atoms with Gasteiger partial charge in [-0.15, -0.1) is 4.99 Å². The Morgan fingerprint density at radius 3 is 2.18 bits per heavy atom. The second-order valence-electron chi connectivity index (χ2n) is 10.5. The number of amides is 2. The minimum atomic E-state index is -0.665. The van der Waals surface area contributed by atoms with Gasteiger partial charge < -0.3 is 14.4 Å². The zero-order valence-corrected chi connectivity index (χ0v) is 18.2. The highest BCUT2D eigenvalue weighted by Gasteiger charge is 2.52. The summed E-state index contributed by atoms with van der Waals surface area (Å²) >= 11 is 0. The summed E-state index contributed by atoms with van der Waals surface area (Å²) in [5, 5.41) is 0. The van der Waals surface area contributed by atoms with Crippen LogP contribution in [0.4, 0.5) is 9.59 Å². The average molecular weight is 394 g/mol. The van der Waals surface area contributed by atoms with Gasteiger partial charge in [-0.25, -0.2) is 14.5 Å². The van der Waals surface area contributed by atoms with Crippen molar-refractivity contribution in [2.45, 2.75) is 97.3 Å². The van der Waals surface area contributed by atoms with Crippen LogP contribution in [0.25, 0.3) is 0 Å². The van der Waals surface area contributed by atoms with E-state index in [1.807, 2.05) is 20.8 Å². The van der Waals surface area contributed by atoms with Crippen LogP contribution >= 0.6 is 0 Å². The number of carbonyl (C=O) groups excluding carboxylic acids is 2. The number of rotatable bonds is 0. The van der Waals surface area contributed by atoms with E-state index in [0.29, 0.717) is 12.5 Å². The Labute approximate surface area is 168 Å². The SMILES string of the molecule is CC(C)(C)OC(=O)/N=C1\N(C(=O)OC(C)(C)C)CC2CC3(CCCCC3)CN12. The van der Waals surface area contributed by atoms with Crippen LogP contribution in [0.5, 0.6) is 0 Å². The minimum absolute atomic E-state index is 0.187. The van der Waals surface area contributed by atoms with E-state index in [1.165, 1.54) is 37.0 Å². The Morgan fingerprint density at radius 2 is 1.61 bits per heavy atom. The summed E-state index contributed by atoms with van der Waals surface area (Å²) in [6, 6.07) is 0.187. The van der Waals surface area contributed by atoms with Crippen LogP contribution in [0.2, 0.25) is 0 Å².